The van der Waals surface area contributed by atoms with E-state index in [0.29, 0.717) is 12.0 Å². The molecule has 0 aromatic heterocycles. The Labute approximate surface area is 229 Å². The summed E-state index contributed by atoms with van der Waals surface area (Å²) in [5.74, 6) is -1.82. The fourth-order valence-electron chi connectivity index (χ4n) is 5.42. The van der Waals surface area contributed by atoms with Gasteiger partial charge < -0.3 is 25.4 Å². The molecule has 0 spiro atoms. The molecule has 1 aliphatic carbocycles. The molecule has 3 rings (SSSR count). The van der Waals surface area contributed by atoms with Crippen LogP contribution in [0.25, 0.3) is 0 Å². The zero-order valence-electron chi connectivity index (χ0n) is 23.7. The molecule has 3 N–H and O–H groups in total. The van der Waals surface area contributed by atoms with Crippen molar-refractivity contribution in [1.29, 1.82) is 0 Å². The Morgan fingerprint density at radius 2 is 1.79 bits per heavy atom. The van der Waals surface area contributed by atoms with Crippen molar-refractivity contribution in [3.8, 4) is 0 Å². The lowest BCUT2D eigenvalue weighted by molar-refractivity contribution is -0.120. The molecular formula is C30H41F2N3O4. The fraction of sp³-hybridized carbons (Fsp3) is 0.533. The molecule has 4 unspecified atom stereocenters. The highest BCUT2D eigenvalue weighted by Crippen LogP contribution is 2.35. The second kappa shape index (κ2) is 12.9. The number of nitrogens with zero attached hydrogens (tertiary/aromatic N) is 1. The van der Waals surface area contributed by atoms with Gasteiger partial charge in [0.2, 0.25) is 5.91 Å². The van der Waals surface area contributed by atoms with Gasteiger partial charge in [-0.2, -0.15) is 0 Å². The average molecular weight is 546 g/mol. The Hall–Kier alpha value is -3.04. The lowest BCUT2D eigenvalue weighted by atomic mass is 9.80. The maximum Gasteiger partial charge on any atom is 0.409 e. The van der Waals surface area contributed by atoms with E-state index in [1.54, 1.807) is 11.9 Å². The third-order valence-corrected chi connectivity index (χ3v) is 7.11. The van der Waals surface area contributed by atoms with Crippen LogP contribution in [0.5, 0.6) is 0 Å². The highest BCUT2D eigenvalue weighted by Gasteiger charge is 2.35. The first kappa shape index (κ1) is 30.5. The van der Waals surface area contributed by atoms with Crippen LogP contribution in [0.4, 0.5) is 13.6 Å². The minimum absolute atomic E-state index is 0.0413. The van der Waals surface area contributed by atoms with Gasteiger partial charge in [-0.25, -0.2) is 13.6 Å². The number of ether oxygens (including phenoxy) is 1. The quantitative estimate of drug-likeness (QED) is 0.437. The molecule has 0 bridgehead atoms. The van der Waals surface area contributed by atoms with Gasteiger partial charge in [-0.1, -0.05) is 39.0 Å². The molecule has 4 atom stereocenters. The lowest BCUT2D eigenvalue weighted by Gasteiger charge is -2.40. The van der Waals surface area contributed by atoms with Crippen LogP contribution in [0.2, 0.25) is 0 Å². The van der Waals surface area contributed by atoms with Crippen molar-refractivity contribution < 1.29 is 28.2 Å². The minimum Gasteiger partial charge on any atom is -0.453 e. The van der Waals surface area contributed by atoms with E-state index in [0.717, 1.165) is 24.5 Å². The molecule has 0 saturated heterocycles. The van der Waals surface area contributed by atoms with Gasteiger partial charge in [0.25, 0.3) is 0 Å². The number of carbonyl (C=O) groups is 2. The summed E-state index contributed by atoms with van der Waals surface area (Å²) in [6.45, 7) is 7.94. The minimum atomic E-state index is -1.08. The summed E-state index contributed by atoms with van der Waals surface area (Å²) in [6.07, 6.45) is 0.875. The predicted octanol–water partition coefficient (Wildman–Crippen LogP) is 4.31. The van der Waals surface area contributed by atoms with Gasteiger partial charge in [-0.05, 0) is 65.5 Å². The number of aliphatic hydroxyl groups is 1. The number of aliphatic hydroxyl groups excluding tert-OH is 1. The highest BCUT2D eigenvalue weighted by molar-refractivity contribution is 5.73. The number of benzene rings is 2. The Bertz CT molecular complexity index is 1150. The molecule has 214 valence electrons. The van der Waals surface area contributed by atoms with Gasteiger partial charge in [0.15, 0.2) is 0 Å². The number of nitrogens with one attached hydrogen (secondary N) is 2. The summed E-state index contributed by atoms with van der Waals surface area (Å²) in [6, 6.07) is 8.27. The highest BCUT2D eigenvalue weighted by atomic mass is 19.1. The first-order valence-corrected chi connectivity index (χ1v) is 13.3. The number of carbonyl (C=O) groups excluding carboxylic acids is 2. The van der Waals surface area contributed by atoms with Crippen LogP contribution in [0.1, 0.15) is 62.4 Å². The maximum atomic E-state index is 13.8. The van der Waals surface area contributed by atoms with Crippen LogP contribution in [0, 0.1) is 17.0 Å². The van der Waals surface area contributed by atoms with Gasteiger partial charge in [0.1, 0.15) is 11.6 Å². The third-order valence-electron chi connectivity index (χ3n) is 7.11. The average Bonchev–Trinajstić information content (AvgIpc) is 2.83. The van der Waals surface area contributed by atoms with Gasteiger partial charge in [-0.15, -0.1) is 0 Å². The molecular weight excluding hydrogens is 504 g/mol. The van der Waals surface area contributed by atoms with Crippen LogP contribution < -0.4 is 10.6 Å². The van der Waals surface area contributed by atoms with Crippen molar-refractivity contribution in [3.63, 3.8) is 0 Å². The fourth-order valence-corrected chi connectivity index (χ4v) is 5.42. The molecule has 2 amide bonds. The number of halogens is 2. The molecule has 0 radical (unpaired) electrons. The number of hydrogen-bond donors (Lipinski definition) is 3. The molecule has 2 aromatic carbocycles. The number of likely N-dealkylation sites (N-methyl/N-ethyl adjacent to an activating group) is 1. The molecule has 0 fully saturated rings. The third kappa shape index (κ3) is 8.47. The second-order valence-corrected chi connectivity index (χ2v) is 11.7. The van der Waals surface area contributed by atoms with Crippen molar-refractivity contribution in [2.24, 2.45) is 5.41 Å². The summed E-state index contributed by atoms with van der Waals surface area (Å²) in [4.78, 5) is 25.9. The van der Waals surface area contributed by atoms with E-state index in [4.69, 9.17) is 4.74 Å². The predicted molar refractivity (Wildman–Crippen MR) is 146 cm³/mol. The van der Waals surface area contributed by atoms with Crippen LogP contribution in [0.15, 0.2) is 36.4 Å². The number of aryl methyl sites for hydroxylation is 1. The SMILES string of the molecule is COC(=O)N(C)C1CCc2ccc(CC(C)(C)C)cc2C1NCC(O)C(Cc1cc(F)cc(F)c1)NC(C)=O. The van der Waals surface area contributed by atoms with Crippen molar-refractivity contribution in [2.45, 2.75) is 77.6 Å². The first-order valence-electron chi connectivity index (χ1n) is 13.3. The summed E-state index contributed by atoms with van der Waals surface area (Å²) >= 11 is 0. The van der Waals surface area contributed by atoms with E-state index < -0.39 is 29.9 Å². The van der Waals surface area contributed by atoms with Crippen LogP contribution in [0.3, 0.4) is 0 Å². The zero-order chi connectivity index (χ0) is 28.9. The molecule has 0 heterocycles. The molecule has 2 aromatic rings. The van der Waals surface area contributed by atoms with Gasteiger partial charge >= 0.3 is 6.09 Å². The summed E-state index contributed by atoms with van der Waals surface area (Å²) in [5.41, 5.74) is 3.82. The van der Waals surface area contributed by atoms with Crippen LogP contribution >= 0.6 is 0 Å². The Balaban J connectivity index is 1.88. The number of methoxy groups -OCH3 is 1. The van der Waals surface area contributed by atoms with E-state index in [9.17, 15) is 23.5 Å². The summed E-state index contributed by atoms with van der Waals surface area (Å²) < 4.78 is 32.5. The van der Waals surface area contributed by atoms with Crippen molar-refractivity contribution in [2.75, 3.05) is 20.7 Å². The van der Waals surface area contributed by atoms with E-state index in [2.05, 4.69) is 49.6 Å². The normalized spacial score (nSPS) is 18.6. The van der Waals surface area contributed by atoms with Crippen molar-refractivity contribution >= 4 is 12.0 Å². The largest absolute Gasteiger partial charge is 0.453 e. The Kier molecular flexibility index (Phi) is 10.1. The van der Waals surface area contributed by atoms with Gasteiger partial charge in [0.05, 0.1) is 31.3 Å². The topological polar surface area (TPSA) is 90.9 Å². The molecule has 0 saturated carbocycles. The van der Waals surface area contributed by atoms with Crippen molar-refractivity contribution in [3.05, 3.63) is 70.3 Å². The number of fused-ring (bicyclic) bond motifs is 1. The van der Waals surface area contributed by atoms with Gasteiger partial charge in [-0.3, -0.25) is 4.79 Å². The summed E-state index contributed by atoms with van der Waals surface area (Å²) in [5, 5.41) is 17.3. The standard InChI is InChI=1S/C30H41F2N3O4/c1-18(36)34-25(14-20-11-22(31)15-23(32)12-20)27(37)17-33-28-24-13-19(16-30(2,3)4)7-8-21(24)9-10-26(28)35(5)29(38)39-6/h7-8,11-13,15,25-28,33,37H,9-10,14,16-17H2,1-6H3,(H,34,36). The van der Waals surface area contributed by atoms with Crippen LogP contribution in [-0.4, -0.2) is 60.9 Å². The Morgan fingerprint density at radius 1 is 1.13 bits per heavy atom. The van der Waals surface area contributed by atoms with E-state index in [-0.39, 0.29) is 36.4 Å². The van der Waals surface area contributed by atoms with Gasteiger partial charge in [0, 0.05) is 26.6 Å². The Morgan fingerprint density at radius 3 is 2.38 bits per heavy atom. The molecule has 39 heavy (non-hydrogen) atoms. The second-order valence-electron chi connectivity index (χ2n) is 11.7. The molecule has 7 nitrogen and oxygen atoms in total. The number of hydrogen-bond acceptors (Lipinski definition) is 5. The maximum absolute atomic E-state index is 13.8. The van der Waals surface area contributed by atoms with E-state index in [1.165, 1.54) is 37.3 Å². The van der Waals surface area contributed by atoms with Crippen molar-refractivity contribution in [1.82, 2.24) is 15.5 Å². The number of rotatable bonds is 9. The van der Waals surface area contributed by atoms with Crippen LogP contribution in [-0.2, 0) is 28.8 Å². The smallest absolute Gasteiger partial charge is 0.409 e. The lowest BCUT2D eigenvalue weighted by Crippen LogP contribution is -2.52. The molecule has 0 aliphatic heterocycles. The zero-order valence-corrected chi connectivity index (χ0v) is 23.7. The molecule has 9 heteroatoms. The number of amides is 2. The van der Waals surface area contributed by atoms with E-state index >= 15 is 0 Å². The van der Waals surface area contributed by atoms with E-state index in [1.807, 2.05) is 0 Å². The monoisotopic (exact) mass is 545 g/mol. The summed E-state index contributed by atoms with van der Waals surface area (Å²) in [7, 11) is 3.04. The molecule has 1 aliphatic rings. The first-order chi connectivity index (χ1) is 18.3.